The van der Waals surface area contributed by atoms with Crippen LogP contribution in [0.15, 0.2) is 52.1 Å². The number of anilines is 2. The Morgan fingerprint density at radius 2 is 1.93 bits per heavy atom. The molecule has 0 fully saturated rings. The Balaban J connectivity index is 1.95. The molecule has 3 N–H and O–H groups in total. The summed E-state index contributed by atoms with van der Waals surface area (Å²) in [6.45, 7) is 3.61. The summed E-state index contributed by atoms with van der Waals surface area (Å²) in [7, 11) is 0. The third kappa shape index (κ3) is 4.08. The number of nitrogens with zero attached hydrogens (tertiary/aromatic N) is 3. The summed E-state index contributed by atoms with van der Waals surface area (Å²) < 4.78 is 5.39. The first kappa shape index (κ1) is 20.0. The molecule has 1 aromatic carbocycles. The molecular formula is C21H17N5O2S. The molecule has 1 atom stereocenters. The Morgan fingerprint density at radius 3 is 2.55 bits per heavy atom. The second-order valence-electron chi connectivity index (χ2n) is 6.19. The second-order valence-corrected chi connectivity index (χ2v) is 7.52. The number of nitriles is 2. The Morgan fingerprint density at radius 1 is 1.21 bits per heavy atom. The van der Waals surface area contributed by atoms with Crippen molar-refractivity contribution in [1.29, 1.82) is 10.5 Å². The first-order valence-corrected chi connectivity index (χ1v) is 9.55. The number of furan rings is 1. The van der Waals surface area contributed by atoms with E-state index in [1.54, 1.807) is 19.1 Å². The van der Waals surface area contributed by atoms with E-state index in [0.717, 1.165) is 17.3 Å². The normalized spacial score (nSPS) is 11.3. The number of hydrogen-bond donors (Lipinski definition) is 2. The van der Waals surface area contributed by atoms with E-state index in [1.165, 1.54) is 6.26 Å². The van der Waals surface area contributed by atoms with Crippen LogP contribution in [0.3, 0.4) is 0 Å². The largest absolute Gasteiger partial charge is 0.464 e. The number of carbonyl (C=O) groups excluding carboxylic acids is 1. The van der Waals surface area contributed by atoms with Gasteiger partial charge in [-0.3, -0.25) is 4.79 Å². The highest BCUT2D eigenvalue weighted by molar-refractivity contribution is 8.00. The van der Waals surface area contributed by atoms with Crippen molar-refractivity contribution in [3.8, 4) is 23.5 Å². The topological polar surface area (TPSA) is 129 Å². The van der Waals surface area contributed by atoms with Gasteiger partial charge in [-0.15, -0.1) is 0 Å². The summed E-state index contributed by atoms with van der Waals surface area (Å²) in [6.07, 6.45) is 1.44. The number of rotatable bonds is 5. The predicted octanol–water partition coefficient (Wildman–Crippen LogP) is 4.09. The number of nitrogens with two attached hydrogens (primary N) is 1. The van der Waals surface area contributed by atoms with Crippen molar-refractivity contribution in [2.75, 3.05) is 11.1 Å². The average molecular weight is 403 g/mol. The molecule has 2 heterocycles. The van der Waals surface area contributed by atoms with Crippen molar-refractivity contribution >= 4 is 29.2 Å². The number of carbonyl (C=O) groups is 1. The minimum absolute atomic E-state index is 0.0214. The average Bonchev–Trinajstić information content (AvgIpc) is 3.23. The maximum absolute atomic E-state index is 12.6. The molecule has 0 aliphatic rings. The van der Waals surface area contributed by atoms with Crippen LogP contribution in [0.25, 0.3) is 11.3 Å². The first-order valence-electron chi connectivity index (χ1n) is 8.67. The van der Waals surface area contributed by atoms with E-state index in [-0.39, 0.29) is 33.4 Å². The van der Waals surface area contributed by atoms with E-state index in [2.05, 4.69) is 16.4 Å². The molecule has 29 heavy (non-hydrogen) atoms. The molecule has 0 bridgehead atoms. The van der Waals surface area contributed by atoms with Gasteiger partial charge in [0.1, 0.15) is 34.3 Å². The maximum Gasteiger partial charge on any atom is 0.237 e. The number of nitrogens with one attached hydrogen (secondary N) is 1. The maximum atomic E-state index is 12.6. The molecule has 1 amide bonds. The second kappa shape index (κ2) is 8.51. The Bertz CT molecular complexity index is 1140. The summed E-state index contributed by atoms with van der Waals surface area (Å²) in [5.41, 5.74) is 8.11. The number of pyridine rings is 1. The Kier molecular flexibility index (Phi) is 5.87. The van der Waals surface area contributed by atoms with E-state index in [1.807, 2.05) is 37.3 Å². The van der Waals surface area contributed by atoms with Crippen LogP contribution < -0.4 is 11.1 Å². The van der Waals surface area contributed by atoms with Crippen molar-refractivity contribution in [2.24, 2.45) is 0 Å². The number of hydrogen-bond acceptors (Lipinski definition) is 7. The van der Waals surface area contributed by atoms with E-state index < -0.39 is 5.25 Å². The van der Waals surface area contributed by atoms with Crippen LogP contribution in [0, 0.1) is 29.6 Å². The number of para-hydroxylation sites is 1. The van der Waals surface area contributed by atoms with E-state index in [4.69, 9.17) is 10.2 Å². The summed E-state index contributed by atoms with van der Waals surface area (Å²) in [5.74, 6) is 0.0791. The minimum atomic E-state index is -0.564. The molecule has 0 spiro atoms. The van der Waals surface area contributed by atoms with E-state index in [0.29, 0.717) is 11.4 Å². The van der Waals surface area contributed by atoms with Gasteiger partial charge in [0.15, 0.2) is 0 Å². The highest BCUT2D eigenvalue weighted by Gasteiger charge is 2.25. The van der Waals surface area contributed by atoms with Gasteiger partial charge in [0.05, 0.1) is 22.6 Å². The molecule has 0 aliphatic carbocycles. The zero-order valence-electron chi connectivity index (χ0n) is 15.8. The molecule has 3 rings (SSSR count). The van der Waals surface area contributed by atoms with Gasteiger partial charge in [-0.25, -0.2) is 4.98 Å². The molecule has 0 radical (unpaired) electrons. The van der Waals surface area contributed by atoms with Gasteiger partial charge in [-0.05, 0) is 37.6 Å². The van der Waals surface area contributed by atoms with E-state index in [9.17, 15) is 15.3 Å². The monoisotopic (exact) mass is 403 g/mol. The number of nitrogen functional groups attached to an aromatic ring is 1. The van der Waals surface area contributed by atoms with Gasteiger partial charge in [-0.2, -0.15) is 10.5 Å². The molecule has 2 aromatic heterocycles. The molecule has 1 unspecified atom stereocenters. The van der Waals surface area contributed by atoms with Gasteiger partial charge in [0, 0.05) is 5.69 Å². The lowest BCUT2D eigenvalue weighted by molar-refractivity contribution is -0.115. The third-order valence-corrected chi connectivity index (χ3v) is 5.33. The van der Waals surface area contributed by atoms with Crippen molar-refractivity contribution in [2.45, 2.75) is 24.1 Å². The smallest absolute Gasteiger partial charge is 0.237 e. The Labute approximate surface area is 172 Å². The number of aryl methyl sites for hydroxylation is 1. The summed E-state index contributed by atoms with van der Waals surface area (Å²) in [4.78, 5) is 16.9. The molecule has 3 aromatic rings. The van der Waals surface area contributed by atoms with Crippen LogP contribution in [0.5, 0.6) is 0 Å². The molecule has 8 heteroatoms. The lowest BCUT2D eigenvalue weighted by Crippen LogP contribution is -2.23. The predicted molar refractivity (Wildman–Crippen MR) is 111 cm³/mol. The Hall–Kier alpha value is -3.75. The molecule has 144 valence electrons. The van der Waals surface area contributed by atoms with Crippen molar-refractivity contribution in [1.82, 2.24) is 4.98 Å². The molecule has 0 saturated heterocycles. The fourth-order valence-electron chi connectivity index (χ4n) is 2.72. The lowest BCUT2D eigenvalue weighted by atomic mass is 10.0. The number of benzene rings is 1. The summed E-state index contributed by atoms with van der Waals surface area (Å²) in [6, 6.07) is 14.8. The van der Waals surface area contributed by atoms with Crippen molar-refractivity contribution in [3.05, 3.63) is 59.4 Å². The van der Waals surface area contributed by atoms with Crippen LogP contribution in [0.4, 0.5) is 11.5 Å². The summed E-state index contributed by atoms with van der Waals surface area (Å²) >= 11 is 1.10. The van der Waals surface area contributed by atoms with Gasteiger partial charge in [0.2, 0.25) is 5.91 Å². The number of thioether (sulfide) groups is 1. The van der Waals surface area contributed by atoms with Gasteiger partial charge in [-0.1, -0.05) is 30.0 Å². The van der Waals surface area contributed by atoms with Gasteiger partial charge >= 0.3 is 0 Å². The quantitative estimate of drug-likeness (QED) is 0.614. The van der Waals surface area contributed by atoms with Crippen LogP contribution in [-0.2, 0) is 4.79 Å². The van der Waals surface area contributed by atoms with E-state index >= 15 is 0 Å². The van der Waals surface area contributed by atoms with Crippen molar-refractivity contribution < 1.29 is 9.21 Å². The zero-order chi connectivity index (χ0) is 21.0. The van der Waals surface area contributed by atoms with Crippen LogP contribution >= 0.6 is 11.8 Å². The molecule has 0 aliphatic heterocycles. The van der Waals surface area contributed by atoms with Crippen LogP contribution in [-0.4, -0.2) is 16.1 Å². The SMILES string of the molecule is Cc1ccccc1NC(=O)C(C)Sc1nc(N)c(C#N)c(-c2ccco2)c1C#N. The highest BCUT2D eigenvalue weighted by atomic mass is 32.2. The van der Waals surface area contributed by atoms with Crippen molar-refractivity contribution in [3.63, 3.8) is 0 Å². The van der Waals surface area contributed by atoms with Crippen LogP contribution in [0.1, 0.15) is 23.6 Å². The molecular weight excluding hydrogens is 386 g/mol. The zero-order valence-corrected chi connectivity index (χ0v) is 16.6. The minimum Gasteiger partial charge on any atom is -0.464 e. The van der Waals surface area contributed by atoms with Gasteiger partial charge < -0.3 is 15.5 Å². The fourth-order valence-corrected chi connectivity index (χ4v) is 3.64. The van der Waals surface area contributed by atoms with Crippen LogP contribution in [0.2, 0.25) is 0 Å². The fraction of sp³-hybridized carbons (Fsp3) is 0.143. The highest BCUT2D eigenvalue weighted by Crippen LogP contribution is 2.37. The van der Waals surface area contributed by atoms with Gasteiger partial charge in [0.25, 0.3) is 0 Å². The third-order valence-electron chi connectivity index (χ3n) is 4.24. The number of amides is 1. The lowest BCUT2D eigenvalue weighted by Gasteiger charge is -2.15. The molecule has 7 nitrogen and oxygen atoms in total. The molecule has 0 saturated carbocycles. The first-order chi connectivity index (χ1) is 14.0. The standard InChI is InChI=1S/C21H17N5O2S/c1-12-6-3-4-7-16(12)25-20(27)13(2)29-21-15(11-23)18(17-8-5-9-28-17)14(10-22)19(24)26-21/h3-9,13H,1-2H3,(H2,24,26)(H,25,27). The summed E-state index contributed by atoms with van der Waals surface area (Å²) in [5, 5.41) is 21.8. The number of aromatic nitrogens is 1.